The molecule has 2 amide bonds. The van der Waals surface area contributed by atoms with E-state index in [9.17, 15) is 19.7 Å². The van der Waals surface area contributed by atoms with E-state index in [1.54, 1.807) is 18.2 Å². The summed E-state index contributed by atoms with van der Waals surface area (Å²) in [4.78, 5) is 37.6. The number of nitrogens with zero attached hydrogens (tertiary/aromatic N) is 2. The molecule has 28 heavy (non-hydrogen) atoms. The molecule has 3 rings (SSSR count). The molecular weight excluding hydrogens is 386 g/mol. The average Bonchev–Trinajstić information content (AvgIpc) is 3.17. The van der Waals surface area contributed by atoms with Crippen molar-refractivity contribution in [1.29, 1.82) is 0 Å². The van der Waals surface area contributed by atoms with Gasteiger partial charge in [0.15, 0.2) is 0 Å². The van der Waals surface area contributed by atoms with Gasteiger partial charge in [-0.3, -0.25) is 19.7 Å². The predicted octanol–water partition coefficient (Wildman–Crippen LogP) is 3.50. The minimum atomic E-state index is -0.685. The first-order chi connectivity index (χ1) is 13.4. The zero-order valence-electron chi connectivity index (χ0n) is 15.1. The number of halogens is 1. The highest BCUT2D eigenvalue weighted by Crippen LogP contribution is 2.28. The number of amides is 2. The molecule has 0 aliphatic carbocycles. The smallest absolute Gasteiger partial charge is 0.271 e. The maximum absolute atomic E-state index is 13.0. The number of hydrogen-bond acceptors (Lipinski definition) is 5. The van der Waals surface area contributed by atoms with Crippen molar-refractivity contribution in [1.82, 2.24) is 4.90 Å². The second-order valence-electron chi connectivity index (χ2n) is 6.30. The zero-order chi connectivity index (χ0) is 20.3. The van der Waals surface area contributed by atoms with Crippen LogP contribution in [0.1, 0.15) is 23.2 Å². The van der Waals surface area contributed by atoms with E-state index in [2.05, 4.69) is 5.32 Å². The van der Waals surface area contributed by atoms with Gasteiger partial charge in [-0.15, -0.1) is 0 Å². The van der Waals surface area contributed by atoms with Gasteiger partial charge in [-0.1, -0.05) is 17.7 Å². The van der Waals surface area contributed by atoms with Crippen LogP contribution in [0.5, 0.6) is 5.75 Å². The second-order valence-corrected chi connectivity index (χ2v) is 6.73. The number of nitrogens with one attached hydrogen (secondary N) is 1. The van der Waals surface area contributed by atoms with Gasteiger partial charge >= 0.3 is 0 Å². The van der Waals surface area contributed by atoms with Gasteiger partial charge in [0.05, 0.1) is 17.6 Å². The summed E-state index contributed by atoms with van der Waals surface area (Å²) in [6.45, 7) is 0.418. The van der Waals surface area contributed by atoms with Gasteiger partial charge in [0.25, 0.3) is 11.6 Å². The Labute approximate surface area is 166 Å². The van der Waals surface area contributed by atoms with Crippen LogP contribution in [0.3, 0.4) is 0 Å². The molecule has 1 aliphatic rings. The monoisotopic (exact) mass is 403 g/mol. The number of carbonyl (C=O) groups is 2. The number of likely N-dealkylation sites (tertiary alicyclic amines) is 1. The molecule has 0 bridgehead atoms. The molecule has 8 nitrogen and oxygen atoms in total. The largest absolute Gasteiger partial charge is 0.496 e. The standard InChI is InChI=1S/C19H18ClN3O5/c1-28-17-8-7-12(20)10-15(17)19(25)22-9-3-6-16(22)18(24)21-13-4-2-5-14(11-13)23(26)27/h2,4-5,7-8,10-11,16H,3,6,9H2,1H3,(H,21,24). The van der Waals surface area contributed by atoms with Gasteiger partial charge < -0.3 is 15.0 Å². The van der Waals surface area contributed by atoms with Crippen molar-refractivity contribution in [3.8, 4) is 5.75 Å². The van der Waals surface area contributed by atoms with E-state index in [0.29, 0.717) is 35.8 Å². The van der Waals surface area contributed by atoms with E-state index >= 15 is 0 Å². The van der Waals surface area contributed by atoms with E-state index in [1.807, 2.05) is 0 Å². The third-order valence-electron chi connectivity index (χ3n) is 4.53. The molecule has 1 aliphatic heterocycles. The highest BCUT2D eigenvalue weighted by Gasteiger charge is 2.35. The third kappa shape index (κ3) is 4.07. The Balaban J connectivity index is 1.80. The molecule has 0 spiro atoms. The van der Waals surface area contributed by atoms with Crippen LogP contribution < -0.4 is 10.1 Å². The molecule has 1 heterocycles. The summed E-state index contributed by atoms with van der Waals surface area (Å²) >= 11 is 6.01. The Morgan fingerprint density at radius 3 is 2.79 bits per heavy atom. The summed E-state index contributed by atoms with van der Waals surface area (Å²) in [5.74, 6) is -0.373. The molecule has 2 aromatic carbocycles. The third-order valence-corrected chi connectivity index (χ3v) is 4.77. The lowest BCUT2D eigenvalue weighted by atomic mass is 10.1. The Kier molecular flexibility index (Phi) is 5.79. The number of rotatable bonds is 5. The first-order valence-corrected chi connectivity index (χ1v) is 8.98. The Morgan fingerprint density at radius 2 is 2.07 bits per heavy atom. The fraction of sp³-hybridized carbons (Fsp3) is 0.263. The number of nitro groups is 1. The molecule has 0 radical (unpaired) electrons. The summed E-state index contributed by atoms with van der Waals surface area (Å²) in [5.41, 5.74) is 0.463. The molecule has 1 saturated heterocycles. The molecule has 1 atom stereocenters. The summed E-state index contributed by atoms with van der Waals surface area (Å²) < 4.78 is 5.24. The fourth-order valence-electron chi connectivity index (χ4n) is 3.21. The normalized spacial score (nSPS) is 15.9. The highest BCUT2D eigenvalue weighted by molar-refractivity contribution is 6.31. The lowest BCUT2D eigenvalue weighted by Crippen LogP contribution is -2.43. The van der Waals surface area contributed by atoms with Crippen molar-refractivity contribution in [2.75, 3.05) is 19.0 Å². The van der Waals surface area contributed by atoms with Gasteiger partial charge in [0, 0.05) is 29.4 Å². The maximum Gasteiger partial charge on any atom is 0.271 e. The van der Waals surface area contributed by atoms with E-state index in [4.69, 9.17) is 16.3 Å². The predicted molar refractivity (Wildman–Crippen MR) is 104 cm³/mol. The second kappa shape index (κ2) is 8.26. The van der Waals surface area contributed by atoms with Crippen LogP contribution in [-0.4, -0.2) is 41.3 Å². The Hall–Kier alpha value is -3.13. The molecule has 2 aromatic rings. The summed E-state index contributed by atoms with van der Waals surface area (Å²) in [6, 6.07) is 9.71. The number of benzene rings is 2. The lowest BCUT2D eigenvalue weighted by Gasteiger charge is -2.24. The van der Waals surface area contributed by atoms with Crippen LogP contribution >= 0.6 is 11.6 Å². The number of nitro benzene ring substituents is 1. The van der Waals surface area contributed by atoms with Crippen molar-refractivity contribution in [3.63, 3.8) is 0 Å². The summed E-state index contributed by atoms with van der Waals surface area (Å²) in [5, 5.41) is 13.9. The summed E-state index contributed by atoms with van der Waals surface area (Å²) in [7, 11) is 1.45. The number of non-ortho nitro benzene ring substituents is 1. The van der Waals surface area contributed by atoms with Gasteiger partial charge in [0.2, 0.25) is 5.91 Å². The first-order valence-electron chi connectivity index (χ1n) is 8.60. The van der Waals surface area contributed by atoms with Crippen LogP contribution in [0.15, 0.2) is 42.5 Å². The van der Waals surface area contributed by atoms with Gasteiger partial charge in [-0.25, -0.2) is 0 Å². The van der Waals surface area contributed by atoms with Crippen LogP contribution in [0.2, 0.25) is 5.02 Å². The number of methoxy groups -OCH3 is 1. The van der Waals surface area contributed by atoms with Gasteiger partial charge in [-0.2, -0.15) is 0 Å². The quantitative estimate of drug-likeness (QED) is 0.608. The van der Waals surface area contributed by atoms with Crippen molar-refractivity contribution in [2.24, 2.45) is 0 Å². The summed E-state index contributed by atoms with van der Waals surface area (Å²) in [6.07, 6.45) is 1.16. The fourth-order valence-corrected chi connectivity index (χ4v) is 3.38. The lowest BCUT2D eigenvalue weighted by molar-refractivity contribution is -0.384. The first kappa shape index (κ1) is 19.6. The van der Waals surface area contributed by atoms with Gasteiger partial charge in [0.1, 0.15) is 11.8 Å². The van der Waals surface area contributed by atoms with Crippen LogP contribution in [-0.2, 0) is 4.79 Å². The minimum Gasteiger partial charge on any atom is -0.496 e. The number of hydrogen-bond donors (Lipinski definition) is 1. The van der Waals surface area contributed by atoms with Crippen LogP contribution in [0.25, 0.3) is 0 Å². The topological polar surface area (TPSA) is 102 Å². The molecule has 0 aromatic heterocycles. The molecule has 1 N–H and O–H groups in total. The number of ether oxygens (including phenoxy) is 1. The van der Waals surface area contributed by atoms with E-state index in [1.165, 1.54) is 36.3 Å². The molecule has 1 unspecified atom stereocenters. The van der Waals surface area contributed by atoms with Crippen molar-refractivity contribution in [2.45, 2.75) is 18.9 Å². The Bertz CT molecular complexity index is 934. The van der Waals surface area contributed by atoms with Crippen LogP contribution in [0, 0.1) is 10.1 Å². The minimum absolute atomic E-state index is 0.124. The highest BCUT2D eigenvalue weighted by atomic mass is 35.5. The van der Waals surface area contributed by atoms with E-state index in [0.717, 1.165) is 0 Å². The molecule has 0 saturated carbocycles. The van der Waals surface area contributed by atoms with Gasteiger partial charge in [-0.05, 0) is 37.1 Å². The number of anilines is 1. The molecular formula is C19H18ClN3O5. The Morgan fingerprint density at radius 1 is 1.29 bits per heavy atom. The molecule has 1 fully saturated rings. The van der Waals surface area contributed by atoms with E-state index < -0.39 is 16.9 Å². The van der Waals surface area contributed by atoms with Crippen molar-refractivity contribution < 1.29 is 19.2 Å². The SMILES string of the molecule is COc1ccc(Cl)cc1C(=O)N1CCCC1C(=O)Nc1cccc([N+](=O)[O-])c1. The van der Waals surface area contributed by atoms with Crippen molar-refractivity contribution >= 4 is 34.8 Å². The number of carbonyl (C=O) groups excluding carboxylic acids is 2. The molecule has 146 valence electrons. The van der Waals surface area contributed by atoms with E-state index in [-0.39, 0.29) is 17.2 Å². The van der Waals surface area contributed by atoms with Crippen LogP contribution in [0.4, 0.5) is 11.4 Å². The molecule has 9 heteroatoms. The van der Waals surface area contributed by atoms with Crippen molar-refractivity contribution in [3.05, 3.63) is 63.2 Å². The average molecular weight is 404 g/mol. The maximum atomic E-state index is 13.0. The zero-order valence-corrected chi connectivity index (χ0v) is 15.8.